The highest BCUT2D eigenvalue weighted by Crippen LogP contribution is 2.31. The van der Waals surface area contributed by atoms with E-state index in [9.17, 15) is 22.4 Å². The van der Waals surface area contributed by atoms with E-state index in [1.165, 1.54) is 43.4 Å². The number of nitrogens with one attached hydrogen (secondary N) is 2. The number of carbonyl (C=O) groups excluding carboxylic acids is 1. The van der Waals surface area contributed by atoms with E-state index >= 15 is 0 Å². The number of amides is 1. The molecule has 4 aromatic rings. The molecule has 38 heavy (non-hydrogen) atoms. The van der Waals surface area contributed by atoms with E-state index in [0.717, 1.165) is 12.1 Å². The zero-order chi connectivity index (χ0) is 27.6. The summed E-state index contributed by atoms with van der Waals surface area (Å²) < 4.78 is 49.0. The summed E-state index contributed by atoms with van der Waals surface area (Å²) >= 11 is 5.74. The molecule has 0 aliphatic carbocycles. The van der Waals surface area contributed by atoms with Gasteiger partial charge in [0.2, 0.25) is 11.8 Å². The van der Waals surface area contributed by atoms with Crippen LogP contribution >= 0.6 is 11.6 Å². The zero-order valence-corrected chi connectivity index (χ0v) is 22.1. The minimum Gasteiger partial charge on any atom is -0.480 e. The number of sulfonamides is 1. The molecule has 198 valence electrons. The number of halogens is 2. The van der Waals surface area contributed by atoms with Crippen LogP contribution in [0.25, 0.3) is 22.0 Å². The topological polar surface area (TPSA) is 132 Å². The fraction of sp³-hybridized carbons (Fsp3) is 0.200. The molecule has 1 amide bonds. The number of rotatable bonds is 8. The third-order valence-electron chi connectivity index (χ3n) is 5.79. The number of pyridine rings is 1. The Kier molecular flexibility index (Phi) is 7.65. The number of fused-ring (bicyclic) bond motifs is 1. The monoisotopic (exact) mass is 559 g/mol. The van der Waals surface area contributed by atoms with Crippen LogP contribution in [0.1, 0.15) is 6.92 Å². The molecule has 4 rings (SSSR count). The van der Waals surface area contributed by atoms with Crippen molar-refractivity contribution in [1.82, 2.24) is 19.9 Å². The Bertz CT molecular complexity index is 1710. The second-order valence-corrected chi connectivity index (χ2v) is 10.5. The maximum Gasteiger partial charge on any atom is 0.264 e. The van der Waals surface area contributed by atoms with Crippen LogP contribution in [0.4, 0.5) is 10.1 Å². The van der Waals surface area contributed by atoms with Gasteiger partial charge in [-0.25, -0.2) is 22.8 Å². The Morgan fingerprint density at radius 1 is 1.16 bits per heavy atom. The smallest absolute Gasteiger partial charge is 0.264 e. The quantitative estimate of drug-likeness (QED) is 0.338. The lowest BCUT2D eigenvalue weighted by molar-refractivity contribution is -0.124. The van der Waals surface area contributed by atoms with Gasteiger partial charge in [-0.1, -0.05) is 24.6 Å². The number of benzene rings is 2. The summed E-state index contributed by atoms with van der Waals surface area (Å²) in [4.78, 5) is 32.9. The Labute approximate surface area is 222 Å². The fourth-order valence-electron chi connectivity index (χ4n) is 3.83. The molecule has 0 fully saturated rings. The molecule has 0 bridgehead atoms. The standard InChI is InChI=1S/C25H23ClFN5O5S/c1-14(23(33)28-2)12-32-13-30-20-6-4-15(8-18(20)25(32)34)16-9-21(24(37-3)29-11-16)31-38(35,36)22-7-5-17(26)10-19(22)27/h4-11,13-14,31H,12H2,1-3H3,(H,28,33)/t14-/m1/s1. The van der Waals surface area contributed by atoms with Crippen molar-refractivity contribution < 1.29 is 22.3 Å². The lowest BCUT2D eigenvalue weighted by Crippen LogP contribution is -2.32. The molecule has 2 aromatic carbocycles. The van der Waals surface area contributed by atoms with Crippen LogP contribution in [0.3, 0.4) is 0 Å². The predicted molar refractivity (Wildman–Crippen MR) is 141 cm³/mol. The molecule has 2 aromatic heterocycles. The van der Waals surface area contributed by atoms with Crippen molar-refractivity contribution in [2.24, 2.45) is 5.92 Å². The number of aromatic nitrogens is 3. The third-order valence-corrected chi connectivity index (χ3v) is 7.43. The van der Waals surface area contributed by atoms with Gasteiger partial charge in [-0.15, -0.1) is 0 Å². The van der Waals surface area contributed by atoms with Gasteiger partial charge in [0.15, 0.2) is 0 Å². The van der Waals surface area contributed by atoms with Gasteiger partial charge in [-0.3, -0.25) is 18.9 Å². The van der Waals surface area contributed by atoms with Gasteiger partial charge in [0, 0.05) is 30.4 Å². The van der Waals surface area contributed by atoms with Crippen molar-refractivity contribution in [2.45, 2.75) is 18.4 Å². The maximum atomic E-state index is 14.3. The normalized spacial score (nSPS) is 12.2. The molecule has 0 radical (unpaired) electrons. The van der Waals surface area contributed by atoms with Gasteiger partial charge in [0.05, 0.1) is 30.3 Å². The summed E-state index contributed by atoms with van der Waals surface area (Å²) in [5.74, 6) is -1.72. The molecule has 10 nitrogen and oxygen atoms in total. The van der Waals surface area contributed by atoms with Crippen LogP contribution in [0.15, 0.2) is 64.7 Å². The summed E-state index contributed by atoms with van der Waals surface area (Å²) in [7, 11) is -1.52. The van der Waals surface area contributed by atoms with Crippen LogP contribution in [0.5, 0.6) is 5.88 Å². The van der Waals surface area contributed by atoms with E-state index in [1.807, 2.05) is 0 Å². The van der Waals surface area contributed by atoms with Crippen molar-refractivity contribution in [2.75, 3.05) is 18.9 Å². The molecule has 2 N–H and O–H groups in total. The van der Waals surface area contributed by atoms with Gasteiger partial charge in [0.25, 0.3) is 15.6 Å². The number of anilines is 1. The van der Waals surface area contributed by atoms with E-state index in [0.29, 0.717) is 22.0 Å². The number of nitrogens with zero attached hydrogens (tertiary/aromatic N) is 3. The van der Waals surface area contributed by atoms with Gasteiger partial charge < -0.3 is 10.1 Å². The molecular formula is C25H23ClFN5O5S. The van der Waals surface area contributed by atoms with E-state index in [1.54, 1.807) is 25.1 Å². The first-order valence-electron chi connectivity index (χ1n) is 11.3. The highest BCUT2D eigenvalue weighted by molar-refractivity contribution is 7.92. The van der Waals surface area contributed by atoms with Crippen LogP contribution in [-0.4, -0.2) is 43.0 Å². The van der Waals surface area contributed by atoms with Crippen LogP contribution in [-0.2, 0) is 21.4 Å². The highest BCUT2D eigenvalue weighted by Gasteiger charge is 2.22. The number of hydrogen-bond donors (Lipinski definition) is 2. The molecule has 0 saturated carbocycles. The first kappa shape index (κ1) is 27.0. The fourth-order valence-corrected chi connectivity index (χ4v) is 5.10. The van der Waals surface area contributed by atoms with Gasteiger partial charge in [-0.2, -0.15) is 0 Å². The Hall–Kier alpha value is -4.03. The first-order chi connectivity index (χ1) is 18.0. The summed E-state index contributed by atoms with van der Waals surface area (Å²) in [6.45, 7) is 1.84. The average molecular weight is 560 g/mol. The molecule has 2 heterocycles. The largest absolute Gasteiger partial charge is 0.480 e. The average Bonchev–Trinajstić information content (AvgIpc) is 2.89. The van der Waals surface area contributed by atoms with Crippen molar-refractivity contribution in [1.29, 1.82) is 0 Å². The second kappa shape index (κ2) is 10.8. The van der Waals surface area contributed by atoms with E-state index in [-0.39, 0.29) is 34.6 Å². The Balaban J connectivity index is 1.73. The van der Waals surface area contributed by atoms with Gasteiger partial charge in [0.1, 0.15) is 16.4 Å². The molecule has 1 atom stereocenters. The third kappa shape index (κ3) is 5.46. The van der Waals surface area contributed by atoms with Crippen LogP contribution < -0.4 is 20.3 Å². The summed E-state index contributed by atoms with van der Waals surface area (Å²) in [5, 5.41) is 2.90. The molecule has 13 heteroatoms. The lowest BCUT2D eigenvalue weighted by Gasteiger charge is -2.14. The van der Waals surface area contributed by atoms with Crippen molar-refractivity contribution in [3.05, 3.63) is 76.2 Å². The Morgan fingerprint density at radius 2 is 1.92 bits per heavy atom. The summed E-state index contributed by atoms with van der Waals surface area (Å²) in [6.07, 6.45) is 2.84. The first-order valence-corrected chi connectivity index (χ1v) is 13.1. The van der Waals surface area contributed by atoms with E-state index in [4.69, 9.17) is 16.3 Å². The van der Waals surface area contributed by atoms with Crippen LogP contribution in [0, 0.1) is 11.7 Å². The summed E-state index contributed by atoms with van der Waals surface area (Å²) in [6, 6.07) is 9.62. The molecule has 0 aliphatic rings. The van der Waals surface area contributed by atoms with Crippen molar-refractivity contribution in [3.63, 3.8) is 0 Å². The number of methoxy groups -OCH3 is 1. The molecule has 0 spiro atoms. The highest BCUT2D eigenvalue weighted by atomic mass is 35.5. The van der Waals surface area contributed by atoms with Crippen molar-refractivity contribution >= 4 is 44.1 Å². The zero-order valence-electron chi connectivity index (χ0n) is 20.5. The lowest BCUT2D eigenvalue weighted by atomic mass is 10.0. The van der Waals surface area contributed by atoms with Crippen LogP contribution in [0.2, 0.25) is 5.02 Å². The number of ether oxygens (including phenoxy) is 1. The molecule has 0 saturated heterocycles. The maximum absolute atomic E-state index is 14.3. The number of hydrogen-bond acceptors (Lipinski definition) is 7. The van der Waals surface area contributed by atoms with Crippen molar-refractivity contribution in [3.8, 4) is 17.0 Å². The Morgan fingerprint density at radius 3 is 2.61 bits per heavy atom. The predicted octanol–water partition coefficient (Wildman–Crippen LogP) is 3.44. The van der Waals surface area contributed by atoms with E-state index in [2.05, 4.69) is 20.0 Å². The minimum atomic E-state index is -4.36. The summed E-state index contributed by atoms with van der Waals surface area (Å²) in [5.41, 5.74) is 1.07. The SMILES string of the molecule is CNC(=O)[C@H](C)Cn1cnc2ccc(-c3cnc(OC)c(NS(=O)(=O)c4ccc(Cl)cc4F)c3)cc2c1=O. The second-order valence-electron chi connectivity index (χ2n) is 8.41. The van der Waals surface area contributed by atoms with Gasteiger partial charge in [-0.05, 0) is 42.0 Å². The molecule has 0 unspecified atom stereocenters. The minimum absolute atomic E-state index is 0.0394. The van der Waals surface area contributed by atoms with Gasteiger partial charge >= 0.3 is 0 Å². The molecule has 0 aliphatic heterocycles. The molecular weight excluding hydrogens is 537 g/mol. The van der Waals surface area contributed by atoms with E-state index < -0.39 is 26.7 Å². The number of carbonyl (C=O) groups is 1.